The van der Waals surface area contributed by atoms with Gasteiger partial charge in [-0.15, -0.1) is 12.4 Å². The number of alkyl halides is 2. The summed E-state index contributed by atoms with van der Waals surface area (Å²) in [7, 11) is -4.87. The van der Waals surface area contributed by atoms with Crippen LogP contribution in [0.5, 0.6) is 0 Å². The molecule has 0 aliphatic rings. The lowest BCUT2D eigenvalue weighted by atomic mass is 10.2. The van der Waals surface area contributed by atoms with Crippen molar-refractivity contribution in [1.29, 1.82) is 0 Å². The molecule has 25 heavy (non-hydrogen) atoms. The van der Waals surface area contributed by atoms with E-state index in [0.29, 0.717) is 12.8 Å². The second-order valence-corrected chi connectivity index (χ2v) is 6.80. The fraction of sp³-hybridized carbons (Fsp3) is 0.429. The van der Waals surface area contributed by atoms with Crippen LogP contribution in [0.4, 0.5) is 14.5 Å². The van der Waals surface area contributed by atoms with Gasteiger partial charge in [0.2, 0.25) is 15.7 Å². The number of sulfone groups is 1. The van der Waals surface area contributed by atoms with Crippen molar-refractivity contribution in [3.63, 3.8) is 0 Å². The molecular weight excluding hydrogens is 382 g/mol. The summed E-state index contributed by atoms with van der Waals surface area (Å²) in [6, 6.07) is 3.84. The van der Waals surface area contributed by atoms with Gasteiger partial charge in [-0.25, -0.2) is 8.42 Å². The Morgan fingerprint density at radius 1 is 1.24 bits per heavy atom. The maximum absolute atomic E-state index is 12.7. The molecule has 0 aromatic heterocycles. The van der Waals surface area contributed by atoms with E-state index < -0.39 is 45.0 Å². The second kappa shape index (κ2) is 10.3. The Bertz CT molecular complexity index is 700. The molecule has 0 heterocycles. The molecule has 0 radical (unpaired) electrons. The quantitative estimate of drug-likeness (QED) is 0.583. The number of hydrogen-bond donors (Lipinski definition) is 3. The van der Waals surface area contributed by atoms with Crippen LogP contribution < -0.4 is 10.6 Å². The molecule has 142 valence electrons. The molecule has 0 saturated heterocycles. The molecule has 7 nitrogen and oxygen atoms in total. The normalized spacial score (nSPS) is 12.3. The maximum Gasteiger partial charge on any atom is 0.341 e. The lowest BCUT2D eigenvalue weighted by Crippen LogP contribution is -2.41. The van der Waals surface area contributed by atoms with Gasteiger partial charge >= 0.3 is 11.7 Å². The number of amides is 1. The topological polar surface area (TPSA) is 113 Å². The molecule has 1 rings (SSSR count). The summed E-state index contributed by atoms with van der Waals surface area (Å²) < 4.78 is 48.5. The summed E-state index contributed by atoms with van der Waals surface area (Å²) in [5.74, 6) is -5.48. The number of para-hydroxylation sites is 1. The predicted molar refractivity (Wildman–Crippen MR) is 89.8 cm³/mol. The largest absolute Gasteiger partial charge is 0.480 e. The first-order chi connectivity index (χ1) is 11.2. The van der Waals surface area contributed by atoms with Crippen molar-refractivity contribution in [2.45, 2.75) is 36.5 Å². The molecular formula is C14H19ClF2N2O5S. The van der Waals surface area contributed by atoms with Gasteiger partial charge in [-0.1, -0.05) is 25.5 Å². The zero-order valence-corrected chi connectivity index (χ0v) is 14.9. The summed E-state index contributed by atoms with van der Waals surface area (Å²) in [5.41, 5.74) is -0.285. The molecule has 3 N–H and O–H groups in total. The third kappa shape index (κ3) is 6.56. The minimum absolute atomic E-state index is 0. The SMILES string of the molecule is CCCC(NCC(=O)Nc1ccccc1S(=O)(=O)C(F)F)C(=O)O.Cl. The fourth-order valence-electron chi connectivity index (χ4n) is 1.93. The highest BCUT2D eigenvalue weighted by atomic mass is 35.5. The van der Waals surface area contributed by atoms with E-state index in [1.54, 1.807) is 6.92 Å². The summed E-state index contributed by atoms with van der Waals surface area (Å²) in [4.78, 5) is 22.1. The summed E-state index contributed by atoms with van der Waals surface area (Å²) in [6.45, 7) is 1.38. The Labute approximate surface area is 150 Å². The highest BCUT2D eigenvalue weighted by Crippen LogP contribution is 2.25. The van der Waals surface area contributed by atoms with E-state index in [4.69, 9.17) is 5.11 Å². The Morgan fingerprint density at radius 3 is 2.36 bits per heavy atom. The molecule has 0 aliphatic carbocycles. The van der Waals surface area contributed by atoms with E-state index >= 15 is 0 Å². The van der Waals surface area contributed by atoms with E-state index in [1.165, 1.54) is 18.2 Å². The van der Waals surface area contributed by atoms with Gasteiger partial charge in [0, 0.05) is 0 Å². The molecule has 1 aromatic rings. The van der Waals surface area contributed by atoms with Crippen molar-refractivity contribution in [2.75, 3.05) is 11.9 Å². The van der Waals surface area contributed by atoms with Gasteiger partial charge < -0.3 is 10.4 Å². The van der Waals surface area contributed by atoms with Crippen LogP contribution in [0.1, 0.15) is 19.8 Å². The molecule has 0 saturated carbocycles. The number of carboxylic acids is 1. The second-order valence-electron chi connectivity index (χ2n) is 4.91. The molecule has 1 unspecified atom stereocenters. The minimum atomic E-state index is -4.87. The van der Waals surface area contributed by atoms with Crippen molar-refractivity contribution in [3.05, 3.63) is 24.3 Å². The van der Waals surface area contributed by atoms with Gasteiger partial charge in [-0.2, -0.15) is 8.78 Å². The Kier molecular flexibility index (Phi) is 9.53. The van der Waals surface area contributed by atoms with Crippen molar-refractivity contribution in [2.24, 2.45) is 0 Å². The standard InChI is InChI=1S/C14H18F2N2O5S.ClH/c1-2-5-10(13(20)21)17-8-12(19)18-9-6-3-4-7-11(9)24(22,23)14(15)16;/h3-4,6-7,10,14,17H,2,5,8H2,1H3,(H,18,19)(H,20,21);1H. The van der Waals surface area contributed by atoms with Crippen LogP contribution >= 0.6 is 12.4 Å². The molecule has 11 heteroatoms. The van der Waals surface area contributed by atoms with Crippen LogP contribution in [0.25, 0.3) is 0 Å². The van der Waals surface area contributed by atoms with Crippen LogP contribution in [-0.2, 0) is 19.4 Å². The molecule has 0 aliphatic heterocycles. The fourth-order valence-corrected chi connectivity index (χ4v) is 2.81. The van der Waals surface area contributed by atoms with Crippen LogP contribution in [0.3, 0.4) is 0 Å². The third-order valence-electron chi connectivity index (χ3n) is 3.09. The number of halogens is 3. The Balaban J connectivity index is 0.00000576. The minimum Gasteiger partial charge on any atom is -0.480 e. The lowest BCUT2D eigenvalue weighted by Gasteiger charge is -2.14. The van der Waals surface area contributed by atoms with E-state index in [-0.39, 0.29) is 18.1 Å². The highest BCUT2D eigenvalue weighted by Gasteiger charge is 2.29. The lowest BCUT2D eigenvalue weighted by molar-refractivity contribution is -0.139. The van der Waals surface area contributed by atoms with E-state index in [1.807, 2.05) is 0 Å². The number of carbonyl (C=O) groups is 2. The van der Waals surface area contributed by atoms with Gasteiger partial charge in [0.15, 0.2) is 0 Å². The smallest absolute Gasteiger partial charge is 0.341 e. The first-order valence-corrected chi connectivity index (χ1v) is 8.61. The Morgan fingerprint density at radius 2 is 1.84 bits per heavy atom. The number of hydrogen-bond acceptors (Lipinski definition) is 5. The van der Waals surface area contributed by atoms with Crippen molar-refractivity contribution in [3.8, 4) is 0 Å². The van der Waals surface area contributed by atoms with E-state index in [9.17, 15) is 26.8 Å². The summed E-state index contributed by atoms with van der Waals surface area (Å²) in [5, 5.41) is 13.7. The van der Waals surface area contributed by atoms with Gasteiger partial charge in [0.1, 0.15) is 6.04 Å². The van der Waals surface area contributed by atoms with Crippen molar-refractivity contribution >= 4 is 39.8 Å². The first-order valence-electron chi connectivity index (χ1n) is 7.07. The Hall–Kier alpha value is -1.78. The first kappa shape index (κ1) is 23.2. The summed E-state index contributed by atoms with van der Waals surface area (Å²) in [6.07, 6.45) is 0.889. The van der Waals surface area contributed by atoms with Crippen molar-refractivity contribution in [1.82, 2.24) is 5.32 Å². The number of carboxylic acid groups (broad SMARTS) is 1. The molecule has 0 bridgehead atoms. The number of nitrogens with one attached hydrogen (secondary N) is 2. The van der Waals surface area contributed by atoms with E-state index in [2.05, 4.69) is 10.6 Å². The predicted octanol–water partition coefficient (Wildman–Crippen LogP) is 1.89. The number of aliphatic carboxylic acids is 1. The molecule has 0 fully saturated rings. The highest BCUT2D eigenvalue weighted by molar-refractivity contribution is 7.91. The monoisotopic (exact) mass is 400 g/mol. The maximum atomic E-state index is 12.7. The van der Waals surface area contributed by atoms with Crippen LogP contribution in [0.2, 0.25) is 0 Å². The number of anilines is 1. The van der Waals surface area contributed by atoms with Crippen molar-refractivity contribution < 1.29 is 31.9 Å². The van der Waals surface area contributed by atoms with Gasteiger partial charge in [-0.3, -0.25) is 14.9 Å². The third-order valence-corrected chi connectivity index (χ3v) is 4.52. The number of carbonyl (C=O) groups excluding carboxylic acids is 1. The van der Waals surface area contributed by atoms with Crippen LogP contribution in [0.15, 0.2) is 29.2 Å². The average molecular weight is 401 g/mol. The molecule has 0 spiro atoms. The zero-order chi connectivity index (χ0) is 18.3. The number of rotatable bonds is 9. The van der Waals surface area contributed by atoms with Gasteiger partial charge in [-0.05, 0) is 18.6 Å². The number of benzene rings is 1. The summed E-state index contributed by atoms with van der Waals surface area (Å²) >= 11 is 0. The van der Waals surface area contributed by atoms with E-state index in [0.717, 1.165) is 6.07 Å². The average Bonchev–Trinajstić information content (AvgIpc) is 2.51. The van der Waals surface area contributed by atoms with Crippen LogP contribution in [0, 0.1) is 0 Å². The molecule has 1 amide bonds. The van der Waals surface area contributed by atoms with Crippen LogP contribution in [-0.4, -0.2) is 43.7 Å². The zero-order valence-electron chi connectivity index (χ0n) is 13.2. The van der Waals surface area contributed by atoms with Gasteiger partial charge in [0.25, 0.3) is 0 Å². The molecule has 1 atom stereocenters. The molecule has 1 aromatic carbocycles. The van der Waals surface area contributed by atoms with Gasteiger partial charge in [0.05, 0.1) is 17.1 Å².